The van der Waals surface area contributed by atoms with Crippen LogP contribution < -0.4 is 20.1 Å². The van der Waals surface area contributed by atoms with E-state index in [9.17, 15) is 8.42 Å². The van der Waals surface area contributed by atoms with Crippen molar-refractivity contribution in [2.45, 2.75) is 25.9 Å². The zero-order valence-corrected chi connectivity index (χ0v) is 20.1. The van der Waals surface area contributed by atoms with Crippen molar-refractivity contribution >= 4 is 39.8 Å². The summed E-state index contributed by atoms with van der Waals surface area (Å²) in [5.74, 6) is 2.69. The van der Waals surface area contributed by atoms with Crippen LogP contribution in [-0.4, -0.2) is 50.6 Å². The Hall–Kier alpha value is -2.08. The Bertz CT molecular complexity index is 952. The van der Waals surface area contributed by atoms with Crippen LogP contribution in [0.25, 0.3) is 0 Å². The summed E-state index contributed by atoms with van der Waals surface area (Å²) >= 11 is 0. The fourth-order valence-electron chi connectivity index (χ4n) is 2.98. The van der Waals surface area contributed by atoms with Gasteiger partial charge in [0.2, 0.25) is 5.88 Å². The SMILES string of the molecule is CCOc1ccccc1Oc1ccc(CNC(=NC)NC2CCS(=O)(=O)C2)cn1.I. The minimum atomic E-state index is -2.93. The van der Waals surface area contributed by atoms with Gasteiger partial charge in [-0.25, -0.2) is 13.4 Å². The number of sulfone groups is 1. The molecule has 1 saturated heterocycles. The molecule has 0 saturated carbocycles. The van der Waals surface area contributed by atoms with Crippen molar-refractivity contribution in [1.82, 2.24) is 15.6 Å². The van der Waals surface area contributed by atoms with E-state index < -0.39 is 9.84 Å². The van der Waals surface area contributed by atoms with Crippen LogP contribution in [0.3, 0.4) is 0 Å². The van der Waals surface area contributed by atoms with E-state index in [1.54, 1.807) is 19.3 Å². The Morgan fingerprint density at radius 3 is 2.60 bits per heavy atom. The van der Waals surface area contributed by atoms with Gasteiger partial charge in [0.05, 0.1) is 18.1 Å². The lowest BCUT2D eigenvalue weighted by Gasteiger charge is -2.16. The van der Waals surface area contributed by atoms with Crippen LogP contribution in [0.5, 0.6) is 17.4 Å². The smallest absolute Gasteiger partial charge is 0.219 e. The molecule has 2 heterocycles. The number of nitrogens with zero attached hydrogens (tertiary/aromatic N) is 2. The molecule has 0 spiro atoms. The van der Waals surface area contributed by atoms with E-state index in [1.807, 2.05) is 37.3 Å². The van der Waals surface area contributed by atoms with Gasteiger partial charge in [-0.05, 0) is 31.0 Å². The van der Waals surface area contributed by atoms with Gasteiger partial charge in [0.1, 0.15) is 0 Å². The Balaban J connectivity index is 0.00000320. The quantitative estimate of drug-likeness (QED) is 0.313. The molecule has 0 aliphatic carbocycles. The Kier molecular flexibility index (Phi) is 9.15. The van der Waals surface area contributed by atoms with Gasteiger partial charge in [0.25, 0.3) is 0 Å². The molecule has 1 atom stereocenters. The third-order valence-corrected chi connectivity index (χ3v) is 6.19. The molecule has 2 N–H and O–H groups in total. The molecule has 1 aliphatic heterocycles. The molecule has 0 radical (unpaired) electrons. The molecule has 8 nitrogen and oxygen atoms in total. The van der Waals surface area contributed by atoms with Crippen molar-refractivity contribution in [3.05, 3.63) is 48.2 Å². The van der Waals surface area contributed by atoms with Crippen LogP contribution in [0.1, 0.15) is 18.9 Å². The summed E-state index contributed by atoms with van der Waals surface area (Å²) in [7, 11) is -1.28. The van der Waals surface area contributed by atoms with E-state index in [2.05, 4.69) is 20.6 Å². The first-order valence-electron chi connectivity index (χ1n) is 9.51. The lowest BCUT2D eigenvalue weighted by atomic mass is 10.2. The number of ether oxygens (including phenoxy) is 2. The summed E-state index contributed by atoms with van der Waals surface area (Å²) in [6.45, 7) is 2.98. The lowest BCUT2D eigenvalue weighted by Crippen LogP contribution is -2.43. The largest absolute Gasteiger partial charge is 0.490 e. The number of aromatic nitrogens is 1. The van der Waals surface area contributed by atoms with Crippen LogP contribution in [-0.2, 0) is 16.4 Å². The molecule has 1 unspecified atom stereocenters. The van der Waals surface area contributed by atoms with E-state index in [1.165, 1.54) is 0 Å². The molecular formula is C20H27IN4O4S. The van der Waals surface area contributed by atoms with E-state index in [0.29, 0.717) is 42.9 Å². The maximum Gasteiger partial charge on any atom is 0.219 e. The van der Waals surface area contributed by atoms with Crippen LogP contribution in [0.4, 0.5) is 0 Å². The van der Waals surface area contributed by atoms with E-state index >= 15 is 0 Å². The number of guanidine groups is 1. The molecule has 2 aromatic rings. The summed E-state index contributed by atoms with van der Waals surface area (Å²) < 4.78 is 34.5. The second-order valence-corrected chi connectivity index (χ2v) is 8.89. The number of rotatable bonds is 7. The molecule has 164 valence electrons. The molecule has 0 bridgehead atoms. The molecular weight excluding hydrogens is 519 g/mol. The Morgan fingerprint density at radius 1 is 1.23 bits per heavy atom. The van der Waals surface area contributed by atoms with Crippen molar-refractivity contribution in [1.29, 1.82) is 0 Å². The fraction of sp³-hybridized carbons (Fsp3) is 0.400. The molecule has 10 heteroatoms. The van der Waals surface area contributed by atoms with Crippen molar-refractivity contribution in [2.75, 3.05) is 25.2 Å². The predicted octanol–water partition coefficient (Wildman–Crippen LogP) is 2.74. The highest BCUT2D eigenvalue weighted by molar-refractivity contribution is 14.0. The summed E-state index contributed by atoms with van der Waals surface area (Å²) in [5.41, 5.74) is 0.942. The van der Waals surface area contributed by atoms with Gasteiger partial charge in [0, 0.05) is 31.9 Å². The second kappa shape index (κ2) is 11.3. The Labute approximate surface area is 194 Å². The first kappa shape index (κ1) is 24.2. The summed E-state index contributed by atoms with van der Waals surface area (Å²) in [5, 5.41) is 6.33. The van der Waals surface area contributed by atoms with Crippen LogP contribution >= 0.6 is 24.0 Å². The average molecular weight is 546 g/mol. The van der Waals surface area contributed by atoms with Crippen molar-refractivity contribution in [2.24, 2.45) is 4.99 Å². The Morgan fingerprint density at radius 2 is 2.00 bits per heavy atom. The average Bonchev–Trinajstić information content (AvgIpc) is 3.06. The topological polar surface area (TPSA) is 102 Å². The first-order valence-corrected chi connectivity index (χ1v) is 11.3. The maximum absolute atomic E-state index is 11.6. The molecule has 30 heavy (non-hydrogen) atoms. The number of nitrogens with one attached hydrogen (secondary N) is 2. The van der Waals surface area contributed by atoms with Gasteiger partial charge in [-0.2, -0.15) is 0 Å². The fourth-order valence-corrected chi connectivity index (χ4v) is 4.65. The number of hydrogen-bond acceptors (Lipinski definition) is 6. The second-order valence-electron chi connectivity index (χ2n) is 6.66. The van der Waals surface area contributed by atoms with Gasteiger partial charge in [-0.15, -0.1) is 24.0 Å². The monoisotopic (exact) mass is 546 g/mol. The number of para-hydroxylation sites is 2. The number of halogens is 1. The number of benzene rings is 1. The predicted molar refractivity (Wildman–Crippen MR) is 128 cm³/mol. The van der Waals surface area contributed by atoms with Crippen LogP contribution in [0, 0.1) is 0 Å². The summed E-state index contributed by atoms with van der Waals surface area (Å²) in [6, 6.07) is 11.1. The highest BCUT2D eigenvalue weighted by atomic mass is 127. The maximum atomic E-state index is 11.6. The van der Waals surface area contributed by atoms with E-state index in [0.717, 1.165) is 5.56 Å². The van der Waals surface area contributed by atoms with Gasteiger partial charge in [0.15, 0.2) is 27.3 Å². The molecule has 1 aromatic carbocycles. The molecule has 3 rings (SSSR count). The van der Waals surface area contributed by atoms with Gasteiger partial charge in [-0.1, -0.05) is 18.2 Å². The van der Waals surface area contributed by atoms with Crippen LogP contribution in [0.15, 0.2) is 47.6 Å². The van der Waals surface area contributed by atoms with Crippen molar-refractivity contribution < 1.29 is 17.9 Å². The van der Waals surface area contributed by atoms with Crippen molar-refractivity contribution in [3.8, 4) is 17.4 Å². The number of aliphatic imine (C=N–C) groups is 1. The van der Waals surface area contributed by atoms with Crippen molar-refractivity contribution in [3.63, 3.8) is 0 Å². The highest BCUT2D eigenvalue weighted by Gasteiger charge is 2.28. The molecule has 0 amide bonds. The van der Waals surface area contributed by atoms with Gasteiger partial charge < -0.3 is 20.1 Å². The molecule has 1 aromatic heterocycles. The minimum absolute atomic E-state index is 0. The van der Waals surface area contributed by atoms with Crippen LogP contribution in [0.2, 0.25) is 0 Å². The number of hydrogen-bond donors (Lipinski definition) is 2. The zero-order chi connectivity index (χ0) is 20.7. The highest BCUT2D eigenvalue weighted by Crippen LogP contribution is 2.30. The summed E-state index contributed by atoms with van der Waals surface area (Å²) in [6.07, 6.45) is 2.32. The molecule has 1 aliphatic rings. The normalized spacial score (nSPS) is 17.7. The first-order chi connectivity index (χ1) is 14.0. The molecule has 1 fully saturated rings. The third-order valence-electron chi connectivity index (χ3n) is 4.42. The standard InChI is InChI=1S/C20H26N4O4S.HI/c1-3-27-17-6-4-5-7-18(17)28-19-9-8-15(12-22-19)13-23-20(21-2)24-16-10-11-29(25,26)14-16;/h4-9,12,16H,3,10-11,13-14H2,1-2H3,(H2,21,23,24);1H. The minimum Gasteiger partial charge on any atom is -0.490 e. The zero-order valence-electron chi connectivity index (χ0n) is 17.0. The van der Waals surface area contributed by atoms with Gasteiger partial charge >= 0.3 is 0 Å². The third kappa shape index (κ3) is 7.01. The lowest BCUT2D eigenvalue weighted by molar-refractivity contribution is 0.319. The van der Waals surface area contributed by atoms with E-state index in [4.69, 9.17) is 9.47 Å². The van der Waals surface area contributed by atoms with Gasteiger partial charge in [-0.3, -0.25) is 4.99 Å². The number of pyridine rings is 1. The van der Waals surface area contributed by atoms with E-state index in [-0.39, 0.29) is 41.5 Å². The summed E-state index contributed by atoms with van der Waals surface area (Å²) in [4.78, 5) is 8.50.